The highest BCUT2D eigenvalue weighted by Gasteiger charge is 2.12. The van der Waals surface area contributed by atoms with Crippen LogP contribution in [0, 0.1) is 0 Å². The van der Waals surface area contributed by atoms with Crippen LogP contribution >= 0.6 is 0 Å². The van der Waals surface area contributed by atoms with Crippen molar-refractivity contribution in [3.8, 4) is 11.5 Å². The molecule has 1 aromatic carbocycles. The molecule has 1 aromatic rings. The zero-order valence-corrected chi connectivity index (χ0v) is 11.8. The number of methoxy groups -OCH3 is 2. The monoisotopic (exact) mass is 265 g/mol. The van der Waals surface area contributed by atoms with E-state index < -0.39 is 0 Å². The molecular formula is C15H23NO3. The van der Waals surface area contributed by atoms with Crippen LogP contribution in [0.15, 0.2) is 18.2 Å². The number of hydrogen-bond donors (Lipinski definition) is 1. The molecule has 1 aliphatic heterocycles. The second kappa shape index (κ2) is 7.36. The van der Waals surface area contributed by atoms with Gasteiger partial charge in [0.2, 0.25) is 0 Å². The maximum absolute atomic E-state index is 5.77. The Hall–Kier alpha value is -1.26. The summed E-state index contributed by atoms with van der Waals surface area (Å²) in [6.45, 7) is 2.50. The molecule has 2 rings (SSSR count). The van der Waals surface area contributed by atoms with Crippen LogP contribution in [0.5, 0.6) is 11.5 Å². The average molecular weight is 265 g/mol. The molecule has 19 heavy (non-hydrogen) atoms. The number of rotatable bonds is 6. The van der Waals surface area contributed by atoms with Gasteiger partial charge in [0.25, 0.3) is 0 Å². The Morgan fingerprint density at radius 1 is 1.16 bits per heavy atom. The molecule has 1 unspecified atom stereocenters. The Balaban J connectivity index is 1.81. The fourth-order valence-corrected chi connectivity index (χ4v) is 2.36. The first kappa shape index (κ1) is 14.2. The highest BCUT2D eigenvalue weighted by Crippen LogP contribution is 2.27. The fourth-order valence-electron chi connectivity index (χ4n) is 2.36. The highest BCUT2D eigenvalue weighted by atomic mass is 16.5. The summed E-state index contributed by atoms with van der Waals surface area (Å²) in [5, 5.41) is 3.48. The molecule has 4 heteroatoms. The number of benzene rings is 1. The van der Waals surface area contributed by atoms with Crippen molar-refractivity contribution in [2.45, 2.75) is 31.9 Å². The predicted octanol–water partition coefficient (Wildman–Crippen LogP) is 2.36. The Labute approximate surface area is 115 Å². The summed E-state index contributed by atoms with van der Waals surface area (Å²) in [5.74, 6) is 1.50. The Bertz CT molecular complexity index is 389. The van der Waals surface area contributed by atoms with Gasteiger partial charge in [0, 0.05) is 6.04 Å². The lowest BCUT2D eigenvalue weighted by atomic mass is 10.1. The molecule has 0 bridgehead atoms. The van der Waals surface area contributed by atoms with Gasteiger partial charge in [-0.05, 0) is 37.1 Å². The van der Waals surface area contributed by atoms with Gasteiger partial charge < -0.3 is 19.5 Å². The lowest BCUT2D eigenvalue weighted by Crippen LogP contribution is -2.37. The second-order valence-electron chi connectivity index (χ2n) is 4.85. The van der Waals surface area contributed by atoms with E-state index in [1.165, 1.54) is 19.3 Å². The van der Waals surface area contributed by atoms with E-state index in [1.807, 2.05) is 18.2 Å². The van der Waals surface area contributed by atoms with Gasteiger partial charge in [-0.3, -0.25) is 0 Å². The average Bonchev–Trinajstić information content (AvgIpc) is 2.48. The minimum absolute atomic E-state index is 0.508. The molecule has 0 aromatic heterocycles. The molecule has 1 atom stereocenters. The van der Waals surface area contributed by atoms with E-state index in [2.05, 4.69) is 5.32 Å². The molecule has 1 N–H and O–H groups in total. The van der Waals surface area contributed by atoms with E-state index >= 15 is 0 Å². The molecule has 1 aliphatic rings. The zero-order valence-electron chi connectivity index (χ0n) is 11.8. The van der Waals surface area contributed by atoms with Crippen molar-refractivity contribution in [2.24, 2.45) is 0 Å². The molecule has 0 aliphatic carbocycles. The quantitative estimate of drug-likeness (QED) is 0.857. The van der Waals surface area contributed by atoms with Gasteiger partial charge in [-0.15, -0.1) is 0 Å². The first-order valence-corrected chi connectivity index (χ1v) is 6.85. The summed E-state index contributed by atoms with van der Waals surface area (Å²) >= 11 is 0. The van der Waals surface area contributed by atoms with E-state index in [9.17, 15) is 0 Å². The van der Waals surface area contributed by atoms with Crippen LogP contribution in [-0.2, 0) is 11.3 Å². The highest BCUT2D eigenvalue weighted by molar-refractivity contribution is 5.42. The zero-order chi connectivity index (χ0) is 13.5. The summed E-state index contributed by atoms with van der Waals surface area (Å²) in [6, 6.07) is 6.40. The molecule has 4 nitrogen and oxygen atoms in total. The molecule has 0 saturated carbocycles. The minimum atomic E-state index is 0.508. The third-order valence-electron chi connectivity index (χ3n) is 3.45. The van der Waals surface area contributed by atoms with Crippen LogP contribution in [0.25, 0.3) is 0 Å². The third kappa shape index (κ3) is 4.11. The van der Waals surface area contributed by atoms with Crippen LogP contribution in [0.3, 0.4) is 0 Å². The summed E-state index contributed by atoms with van der Waals surface area (Å²) in [7, 11) is 3.29. The molecule has 106 valence electrons. The van der Waals surface area contributed by atoms with Crippen molar-refractivity contribution in [1.82, 2.24) is 5.32 Å². The van der Waals surface area contributed by atoms with E-state index in [4.69, 9.17) is 14.2 Å². The molecular weight excluding hydrogens is 242 g/mol. The lowest BCUT2D eigenvalue weighted by Gasteiger charge is -2.23. The van der Waals surface area contributed by atoms with Crippen molar-refractivity contribution >= 4 is 0 Å². The predicted molar refractivity (Wildman–Crippen MR) is 74.8 cm³/mol. The first-order chi connectivity index (χ1) is 9.33. The smallest absolute Gasteiger partial charge is 0.161 e. The Morgan fingerprint density at radius 3 is 2.68 bits per heavy atom. The van der Waals surface area contributed by atoms with Crippen LogP contribution in [0.2, 0.25) is 0 Å². The molecule has 1 saturated heterocycles. The van der Waals surface area contributed by atoms with Gasteiger partial charge in [-0.25, -0.2) is 0 Å². The fraction of sp³-hybridized carbons (Fsp3) is 0.600. The molecule has 1 heterocycles. The summed E-state index contributed by atoms with van der Waals surface area (Å²) in [4.78, 5) is 0. The summed E-state index contributed by atoms with van der Waals surface area (Å²) in [5.41, 5.74) is 1.11. The largest absolute Gasteiger partial charge is 0.493 e. The van der Waals surface area contributed by atoms with Crippen molar-refractivity contribution in [3.63, 3.8) is 0 Å². The summed E-state index contributed by atoms with van der Waals surface area (Å²) in [6.07, 6.45) is 3.80. The van der Waals surface area contributed by atoms with E-state index in [0.717, 1.165) is 30.2 Å². The van der Waals surface area contributed by atoms with Crippen LogP contribution in [-0.4, -0.2) is 33.4 Å². The van der Waals surface area contributed by atoms with Gasteiger partial charge in [-0.1, -0.05) is 12.5 Å². The number of hydrogen-bond acceptors (Lipinski definition) is 4. The lowest BCUT2D eigenvalue weighted by molar-refractivity contribution is 0.0910. The van der Waals surface area contributed by atoms with Crippen molar-refractivity contribution < 1.29 is 14.2 Å². The standard InChI is InChI=1S/C15H23NO3/c1-17-14-7-6-12(9-15(14)18-2)10-19-11-13-5-3-4-8-16-13/h6-7,9,13,16H,3-5,8,10-11H2,1-2H3. The molecule has 0 radical (unpaired) electrons. The Kier molecular flexibility index (Phi) is 5.48. The van der Waals surface area contributed by atoms with Gasteiger partial charge in [0.05, 0.1) is 27.4 Å². The molecule has 0 amide bonds. The van der Waals surface area contributed by atoms with Gasteiger partial charge in [-0.2, -0.15) is 0 Å². The minimum Gasteiger partial charge on any atom is -0.493 e. The number of piperidine rings is 1. The SMILES string of the molecule is COc1ccc(COCC2CCCCN2)cc1OC. The van der Waals surface area contributed by atoms with Gasteiger partial charge in [0.15, 0.2) is 11.5 Å². The number of ether oxygens (including phenoxy) is 3. The van der Waals surface area contributed by atoms with Crippen molar-refractivity contribution in [2.75, 3.05) is 27.4 Å². The molecule has 1 fully saturated rings. The second-order valence-corrected chi connectivity index (χ2v) is 4.85. The van der Waals surface area contributed by atoms with Crippen LogP contribution in [0.4, 0.5) is 0 Å². The van der Waals surface area contributed by atoms with Crippen LogP contribution < -0.4 is 14.8 Å². The van der Waals surface area contributed by atoms with Gasteiger partial charge in [0.1, 0.15) is 0 Å². The van der Waals surface area contributed by atoms with E-state index in [0.29, 0.717) is 12.6 Å². The molecule has 0 spiro atoms. The van der Waals surface area contributed by atoms with Crippen molar-refractivity contribution in [1.29, 1.82) is 0 Å². The maximum Gasteiger partial charge on any atom is 0.161 e. The summed E-state index contributed by atoms with van der Waals surface area (Å²) < 4.78 is 16.3. The Morgan fingerprint density at radius 2 is 2.00 bits per heavy atom. The first-order valence-electron chi connectivity index (χ1n) is 6.85. The third-order valence-corrected chi connectivity index (χ3v) is 3.45. The normalized spacial score (nSPS) is 19.2. The number of nitrogens with one attached hydrogen (secondary N) is 1. The van der Waals surface area contributed by atoms with Crippen LogP contribution in [0.1, 0.15) is 24.8 Å². The maximum atomic E-state index is 5.77. The van der Waals surface area contributed by atoms with E-state index in [-0.39, 0.29) is 0 Å². The topological polar surface area (TPSA) is 39.7 Å². The van der Waals surface area contributed by atoms with Gasteiger partial charge >= 0.3 is 0 Å². The van der Waals surface area contributed by atoms with Crippen molar-refractivity contribution in [3.05, 3.63) is 23.8 Å². The van der Waals surface area contributed by atoms with E-state index in [1.54, 1.807) is 14.2 Å².